The number of amides is 3. The summed E-state index contributed by atoms with van der Waals surface area (Å²) in [6, 6.07) is 5.42. The van der Waals surface area contributed by atoms with Crippen LogP contribution in [0.4, 0.5) is 10.5 Å². The molecular formula is C19H26ClN3O3. The van der Waals surface area contributed by atoms with Crippen LogP contribution < -0.4 is 15.0 Å². The number of ether oxygens (including phenoxy) is 1. The van der Waals surface area contributed by atoms with Crippen LogP contribution in [0.1, 0.15) is 33.6 Å². The molecule has 1 atom stereocenters. The first-order valence-corrected chi connectivity index (χ1v) is 9.56. The molecule has 0 aromatic heterocycles. The number of likely N-dealkylation sites (tertiary alicyclic amines) is 1. The molecule has 1 fully saturated rings. The number of carbonyl (C=O) groups is 2. The Morgan fingerprint density at radius 2 is 1.96 bits per heavy atom. The lowest BCUT2D eigenvalue weighted by molar-refractivity contribution is -0.126. The van der Waals surface area contributed by atoms with Gasteiger partial charge in [-0.15, -0.1) is 0 Å². The Morgan fingerprint density at radius 1 is 1.27 bits per heavy atom. The van der Waals surface area contributed by atoms with Crippen LogP contribution in [0.15, 0.2) is 18.2 Å². The number of urea groups is 1. The highest BCUT2D eigenvalue weighted by atomic mass is 35.5. The molecule has 2 aliphatic rings. The van der Waals surface area contributed by atoms with Gasteiger partial charge in [-0.3, -0.25) is 9.69 Å². The van der Waals surface area contributed by atoms with Gasteiger partial charge in [-0.2, -0.15) is 0 Å². The smallest absolute Gasteiger partial charge is 0.324 e. The molecule has 1 N–H and O–H groups in total. The average Bonchev–Trinajstić information content (AvgIpc) is 2.60. The second-order valence-electron chi connectivity index (χ2n) is 7.36. The fourth-order valence-electron chi connectivity index (χ4n) is 3.50. The van der Waals surface area contributed by atoms with E-state index in [9.17, 15) is 9.59 Å². The normalized spacial score (nSPS) is 20.6. The van der Waals surface area contributed by atoms with Gasteiger partial charge in [0, 0.05) is 30.1 Å². The number of nitrogens with zero attached hydrogens (tertiary/aromatic N) is 2. The Kier molecular flexibility index (Phi) is 5.61. The van der Waals surface area contributed by atoms with Gasteiger partial charge in [-0.05, 0) is 51.8 Å². The van der Waals surface area contributed by atoms with Crippen molar-refractivity contribution in [2.75, 3.05) is 24.5 Å². The second-order valence-corrected chi connectivity index (χ2v) is 7.79. The van der Waals surface area contributed by atoms with E-state index in [1.807, 2.05) is 25.7 Å². The van der Waals surface area contributed by atoms with E-state index in [1.165, 1.54) is 0 Å². The number of carbonyl (C=O) groups excluding carboxylic acids is 2. The zero-order chi connectivity index (χ0) is 18.8. The molecule has 6 nitrogen and oxygen atoms in total. The van der Waals surface area contributed by atoms with Crippen molar-refractivity contribution in [2.24, 2.45) is 5.92 Å². The van der Waals surface area contributed by atoms with Crippen LogP contribution in [-0.4, -0.2) is 48.6 Å². The first kappa shape index (κ1) is 18.8. The van der Waals surface area contributed by atoms with Gasteiger partial charge in [0.15, 0.2) is 0 Å². The molecule has 0 spiro atoms. The minimum atomic E-state index is -0.0815. The van der Waals surface area contributed by atoms with Crippen molar-refractivity contribution in [3.05, 3.63) is 23.2 Å². The lowest BCUT2D eigenvalue weighted by atomic mass is 9.96. The molecule has 0 aliphatic carbocycles. The number of hydrogen-bond acceptors (Lipinski definition) is 3. The van der Waals surface area contributed by atoms with Crippen LogP contribution in [0.5, 0.6) is 5.75 Å². The summed E-state index contributed by atoms with van der Waals surface area (Å²) >= 11 is 6.11. The Hall–Kier alpha value is -1.95. The third kappa shape index (κ3) is 4.06. The van der Waals surface area contributed by atoms with Crippen LogP contribution in [0.2, 0.25) is 5.02 Å². The van der Waals surface area contributed by atoms with Crippen molar-refractivity contribution in [1.82, 2.24) is 10.2 Å². The quantitative estimate of drug-likeness (QED) is 0.857. The molecule has 0 saturated carbocycles. The van der Waals surface area contributed by atoms with Crippen molar-refractivity contribution < 1.29 is 14.3 Å². The fraction of sp³-hybridized carbons (Fsp3) is 0.579. The maximum absolute atomic E-state index is 13.1. The zero-order valence-corrected chi connectivity index (χ0v) is 16.3. The van der Waals surface area contributed by atoms with E-state index >= 15 is 0 Å². The molecule has 2 heterocycles. The molecule has 2 aliphatic heterocycles. The Bertz CT molecular complexity index is 687. The minimum Gasteiger partial charge on any atom is -0.487 e. The Balaban J connectivity index is 1.68. The van der Waals surface area contributed by atoms with Gasteiger partial charge in [-0.25, -0.2) is 4.79 Å². The van der Waals surface area contributed by atoms with Crippen molar-refractivity contribution in [1.29, 1.82) is 0 Å². The number of nitrogens with one attached hydrogen (secondary N) is 1. The van der Waals surface area contributed by atoms with Gasteiger partial charge in [0.05, 0.1) is 12.2 Å². The molecule has 0 radical (unpaired) electrons. The molecule has 1 aromatic rings. The molecule has 1 unspecified atom stereocenters. The number of anilines is 1. The first-order chi connectivity index (χ1) is 12.3. The van der Waals surface area contributed by atoms with E-state index in [0.717, 1.165) is 0 Å². The standard InChI is InChI=1S/C19H26ClN3O3/c1-12(2)21-18(24)14-6-8-22(9-7-14)19(25)23-11-13(3)26-17-5-4-15(20)10-16(17)23/h4-5,10,12-14H,6-9,11H2,1-3H3,(H,21,24). The van der Waals surface area contributed by atoms with Crippen LogP contribution in [0.3, 0.4) is 0 Å². The molecule has 1 saturated heterocycles. The maximum atomic E-state index is 13.1. The van der Waals surface area contributed by atoms with Crippen LogP contribution in [0.25, 0.3) is 0 Å². The summed E-state index contributed by atoms with van der Waals surface area (Å²) in [4.78, 5) is 28.8. The summed E-state index contributed by atoms with van der Waals surface area (Å²) in [5, 5.41) is 3.53. The average molecular weight is 380 g/mol. The molecular weight excluding hydrogens is 354 g/mol. The number of fused-ring (bicyclic) bond motifs is 1. The van der Waals surface area contributed by atoms with Gasteiger partial charge in [0.2, 0.25) is 5.91 Å². The summed E-state index contributed by atoms with van der Waals surface area (Å²) < 4.78 is 5.82. The summed E-state index contributed by atoms with van der Waals surface area (Å²) in [7, 11) is 0. The summed E-state index contributed by atoms with van der Waals surface area (Å²) in [5.74, 6) is 0.740. The maximum Gasteiger partial charge on any atom is 0.324 e. The van der Waals surface area contributed by atoms with Crippen molar-refractivity contribution in [3.63, 3.8) is 0 Å². The van der Waals surface area contributed by atoms with E-state index in [2.05, 4.69) is 5.32 Å². The molecule has 3 amide bonds. The number of hydrogen-bond donors (Lipinski definition) is 1. The van der Waals surface area contributed by atoms with E-state index in [0.29, 0.717) is 48.9 Å². The van der Waals surface area contributed by atoms with Crippen LogP contribution >= 0.6 is 11.6 Å². The lowest BCUT2D eigenvalue weighted by Crippen LogP contribution is -2.52. The third-order valence-corrected chi connectivity index (χ3v) is 5.01. The Morgan fingerprint density at radius 3 is 2.62 bits per heavy atom. The topological polar surface area (TPSA) is 61.9 Å². The molecule has 1 aromatic carbocycles. The van der Waals surface area contributed by atoms with E-state index in [1.54, 1.807) is 23.1 Å². The fourth-order valence-corrected chi connectivity index (χ4v) is 3.66. The summed E-state index contributed by atoms with van der Waals surface area (Å²) in [6.45, 7) is 7.50. The SMILES string of the molecule is CC(C)NC(=O)C1CCN(C(=O)N2CC(C)Oc3ccc(Cl)cc32)CC1. The molecule has 7 heteroatoms. The van der Waals surface area contributed by atoms with Gasteiger partial charge < -0.3 is 15.0 Å². The summed E-state index contributed by atoms with van der Waals surface area (Å²) in [6.07, 6.45) is 1.29. The largest absolute Gasteiger partial charge is 0.487 e. The van der Waals surface area contributed by atoms with Crippen molar-refractivity contribution in [2.45, 2.75) is 45.8 Å². The highest BCUT2D eigenvalue weighted by molar-refractivity contribution is 6.31. The second kappa shape index (κ2) is 7.74. The van der Waals surface area contributed by atoms with Gasteiger partial charge in [0.1, 0.15) is 11.9 Å². The first-order valence-electron chi connectivity index (χ1n) is 9.18. The number of piperidine rings is 1. The number of halogens is 1. The number of rotatable bonds is 2. The van der Waals surface area contributed by atoms with Crippen molar-refractivity contribution >= 4 is 29.2 Å². The number of benzene rings is 1. The van der Waals surface area contributed by atoms with Gasteiger partial charge in [0.25, 0.3) is 0 Å². The van der Waals surface area contributed by atoms with Crippen molar-refractivity contribution in [3.8, 4) is 5.75 Å². The molecule has 26 heavy (non-hydrogen) atoms. The highest BCUT2D eigenvalue weighted by Gasteiger charge is 2.34. The molecule has 142 valence electrons. The highest BCUT2D eigenvalue weighted by Crippen LogP contribution is 2.36. The Labute approximate surface area is 159 Å². The summed E-state index contributed by atoms with van der Waals surface area (Å²) in [5.41, 5.74) is 0.709. The van der Waals surface area contributed by atoms with E-state index in [-0.39, 0.29) is 30.0 Å². The predicted octanol–water partition coefficient (Wildman–Crippen LogP) is 3.28. The van der Waals surface area contributed by atoms with Crippen LogP contribution in [-0.2, 0) is 4.79 Å². The molecule has 3 rings (SSSR count). The van der Waals surface area contributed by atoms with Gasteiger partial charge in [-0.1, -0.05) is 11.6 Å². The minimum absolute atomic E-state index is 0.0215. The lowest BCUT2D eigenvalue weighted by Gasteiger charge is -2.39. The van der Waals surface area contributed by atoms with Crippen LogP contribution in [0, 0.1) is 5.92 Å². The molecule has 0 bridgehead atoms. The third-order valence-electron chi connectivity index (χ3n) is 4.78. The van der Waals surface area contributed by atoms with E-state index in [4.69, 9.17) is 16.3 Å². The predicted molar refractivity (Wildman–Crippen MR) is 102 cm³/mol. The van der Waals surface area contributed by atoms with Gasteiger partial charge >= 0.3 is 6.03 Å². The van der Waals surface area contributed by atoms with E-state index < -0.39 is 0 Å². The monoisotopic (exact) mass is 379 g/mol. The zero-order valence-electron chi connectivity index (χ0n) is 15.5.